The second-order valence-corrected chi connectivity index (χ2v) is 5.94. The van der Waals surface area contributed by atoms with Crippen molar-refractivity contribution >= 4 is 11.6 Å². The zero-order chi connectivity index (χ0) is 15.4. The van der Waals surface area contributed by atoms with Crippen molar-refractivity contribution in [1.82, 2.24) is 15.1 Å². The number of piperidine rings is 1. The van der Waals surface area contributed by atoms with E-state index in [0.29, 0.717) is 5.92 Å². The number of likely N-dealkylation sites (tertiary alicyclic amines) is 1. The topological polar surface area (TPSA) is 61.0 Å². The largest absolute Gasteiger partial charge is 0.326 e. The van der Waals surface area contributed by atoms with Gasteiger partial charge in [0.25, 0.3) is 0 Å². The molecule has 116 valence electrons. The van der Waals surface area contributed by atoms with Crippen LogP contribution in [0.2, 0.25) is 0 Å². The Morgan fingerprint density at radius 2 is 2.00 bits per heavy atom. The molecule has 2 heterocycles. The second kappa shape index (κ2) is 6.75. The third kappa shape index (κ3) is 3.74. The first-order chi connectivity index (χ1) is 10.7. The van der Waals surface area contributed by atoms with E-state index in [4.69, 9.17) is 0 Å². The van der Waals surface area contributed by atoms with Gasteiger partial charge in [-0.25, -0.2) is 0 Å². The molecule has 2 aromatic rings. The summed E-state index contributed by atoms with van der Waals surface area (Å²) < 4.78 is 0. The number of benzene rings is 1. The first kappa shape index (κ1) is 14.8. The summed E-state index contributed by atoms with van der Waals surface area (Å²) in [6.07, 6.45) is 4.18. The van der Waals surface area contributed by atoms with Gasteiger partial charge >= 0.3 is 0 Å². The zero-order valence-electron chi connectivity index (χ0n) is 12.9. The lowest BCUT2D eigenvalue weighted by Gasteiger charge is -2.31. The predicted molar refractivity (Wildman–Crippen MR) is 86.6 cm³/mol. The van der Waals surface area contributed by atoms with Crippen LogP contribution in [0, 0.1) is 0 Å². The molecule has 1 aromatic heterocycles. The number of rotatable bonds is 4. The van der Waals surface area contributed by atoms with Gasteiger partial charge in [0.05, 0.1) is 0 Å². The summed E-state index contributed by atoms with van der Waals surface area (Å²) in [5, 5.41) is 9.93. The molecule has 5 heteroatoms. The third-order valence-electron chi connectivity index (χ3n) is 4.23. The van der Waals surface area contributed by atoms with Gasteiger partial charge in [-0.2, -0.15) is 5.10 Å². The van der Waals surface area contributed by atoms with Crippen LogP contribution in [0.3, 0.4) is 0 Å². The van der Waals surface area contributed by atoms with E-state index in [1.165, 1.54) is 31.0 Å². The number of carbonyl (C=O) groups is 1. The number of H-pyrrole nitrogens is 1. The molecule has 2 N–H and O–H groups in total. The van der Waals surface area contributed by atoms with Crippen LogP contribution < -0.4 is 5.32 Å². The van der Waals surface area contributed by atoms with Crippen molar-refractivity contribution in [1.29, 1.82) is 0 Å². The molecule has 0 radical (unpaired) electrons. The Kier molecular flexibility index (Phi) is 4.53. The highest BCUT2D eigenvalue weighted by molar-refractivity contribution is 5.88. The minimum Gasteiger partial charge on any atom is -0.326 e. The van der Waals surface area contributed by atoms with Crippen LogP contribution in [0.25, 0.3) is 0 Å². The van der Waals surface area contributed by atoms with E-state index in [2.05, 4.69) is 38.6 Å². The molecule has 0 spiro atoms. The molecule has 0 saturated carbocycles. The minimum atomic E-state index is -0.0337. The number of amides is 1. The summed E-state index contributed by atoms with van der Waals surface area (Å²) in [6.45, 7) is 4.71. The molecule has 0 atom stereocenters. The van der Waals surface area contributed by atoms with Crippen molar-refractivity contribution in [3.63, 3.8) is 0 Å². The Morgan fingerprint density at radius 1 is 1.27 bits per heavy atom. The predicted octanol–water partition coefficient (Wildman–Crippen LogP) is 2.75. The zero-order valence-corrected chi connectivity index (χ0v) is 12.9. The highest BCUT2D eigenvalue weighted by Crippen LogP contribution is 2.27. The van der Waals surface area contributed by atoms with Gasteiger partial charge in [0.1, 0.15) is 0 Å². The normalized spacial score (nSPS) is 16.6. The molecule has 1 aliphatic heterocycles. The number of hydrogen-bond donors (Lipinski definition) is 2. The first-order valence-corrected chi connectivity index (χ1v) is 7.79. The van der Waals surface area contributed by atoms with Crippen LogP contribution in [0.5, 0.6) is 0 Å². The Hall–Kier alpha value is -2.14. The molecule has 3 rings (SSSR count). The monoisotopic (exact) mass is 298 g/mol. The quantitative estimate of drug-likeness (QED) is 0.912. The number of hydrogen-bond acceptors (Lipinski definition) is 3. The van der Waals surface area contributed by atoms with Gasteiger partial charge in [0.15, 0.2) is 0 Å². The lowest BCUT2D eigenvalue weighted by Crippen LogP contribution is -2.32. The van der Waals surface area contributed by atoms with Gasteiger partial charge < -0.3 is 5.32 Å². The van der Waals surface area contributed by atoms with E-state index in [1.54, 1.807) is 0 Å². The van der Waals surface area contributed by atoms with E-state index in [9.17, 15) is 4.79 Å². The smallest absolute Gasteiger partial charge is 0.221 e. The van der Waals surface area contributed by atoms with Gasteiger partial charge in [0, 0.05) is 37.0 Å². The summed E-state index contributed by atoms with van der Waals surface area (Å²) in [7, 11) is 0. The van der Waals surface area contributed by atoms with Crippen LogP contribution in [0.15, 0.2) is 36.5 Å². The highest BCUT2D eigenvalue weighted by Gasteiger charge is 2.21. The Morgan fingerprint density at radius 3 is 2.59 bits per heavy atom. The number of aromatic amines is 1. The second-order valence-electron chi connectivity index (χ2n) is 5.94. The van der Waals surface area contributed by atoms with Crippen LogP contribution in [-0.4, -0.2) is 34.1 Å². The van der Waals surface area contributed by atoms with Gasteiger partial charge in [-0.3, -0.25) is 14.8 Å². The van der Waals surface area contributed by atoms with Gasteiger partial charge in [-0.1, -0.05) is 12.1 Å². The van der Waals surface area contributed by atoms with E-state index >= 15 is 0 Å². The highest BCUT2D eigenvalue weighted by atomic mass is 16.1. The molecule has 22 heavy (non-hydrogen) atoms. The maximum atomic E-state index is 11.0. The number of nitrogens with one attached hydrogen (secondary N) is 2. The van der Waals surface area contributed by atoms with E-state index in [0.717, 1.165) is 25.3 Å². The summed E-state index contributed by atoms with van der Waals surface area (Å²) in [6, 6.07) is 10.2. The van der Waals surface area contributed by atoms with Crippen molar-refractivity contribution in [2.45, 2.75) is 32.2 Å². The summed E-state index contributed by atoms with van der Waals surface area (Å²) in [5.74, 6) is 0.578. The SMILES string of the molecule is CC(=O)Nc1ccc(CN2CCC(c3ccn[nH]3)CC2)cc1. The number of aromatic nitrogens is 2. The number of nitrogens with zero attached hydrogens (tertiary/aromatic N) is 2. The molecule has 5 nitrogen and oxygen atoms in total. The van der Waals surface area contributed by atoms with Crippen molar-refractivity contribution in [3.05, 3.63) is 47.8 Å². The van der Waals surface area contributed by atoms with E-state index in [1.807, 2.05) is 18.3 Å². The van der Waals surface area contributed by atoms with Crippen LogP contribution in [0.4, 0.5) is 5.69 Å². The van der Waals surface area contributed by atoms with E-state index < -0.39 is 0 Å². The molecule has 1 amide bonds. The maximum Gasteiger partial charge on any atom is 0.221 e. The Labute approximate surface area is 130 Å². The average Bonchev–Trinajstić information content (AvgIpc) is 3.04. The van der Waals surface area contributed by atoms with Gasteiger partial charge in [-0.15, -0.1) is 0 Å². The Bertz CT molecular complexity index is 598. The van der Waals surface area contributed by atoms with Crippen molar-refractivity contribution in [2.75, 3.05) is 18.4 Å². The lowest BCUT2D eigenvalue weighted by molar-refractivity contribution is -0.114. The molecule has 0 aliphatic carbocycles. The maximum absolute atomic E-state index is 11.0. The van der Waals surface area contributed by atoms with Crippen molar-refractivity contribution in [2.24, 2.45) is 0 Å². The third-order valence-corrected chi connectivity index (χ3v) is 4.23. The molecule has 1 saturated heterocycles. The summed E-state index contributed by atoms with van der Waals surface area (Å²) in [4.78, 5) is 13.5. The van der Waals surface area contributed by atoms with Crippen molar-refractivity contribution < 1.29 is 4.79 Å². The summed E-state index contributed by atoms with van der Waals surface area (Å²) in [5.41, 5.74) is 3.41. The van der Waals surface area contributed by atoms with Crippen LogP contribution >= 0.6 is 0 Å². The van der Waals surface area contributed by atoms with Gasteiger partial charge in [-0.05, 0) is 49.7 Å². The molecule has 0 bridgehead atoms. The lowest BCUT2D eigenvalue weighted by atomic mass is 9.93. The number of anilines is 1. The van der Waals surface area contributed by atoms with Crippen molar-refractivity contribution in [3.8, 4) is 0 Å². The fourth-order valence-corrected chi connectivity index (χ4v) is 3.05. The average molecular weight is 298 g/mol. The van der Waals surface area contributed by atoms with Crippen LogP contribution in [0.1, 0.15) is 36.9 Å². The Balaban J connectivity index is 1.51. The molecule has 0 unspecified atom stereocenters. The fraction of sp³-hybridized carbons (Fsp3) is 0.412. The molecule has 1 aromatic carbocycles. The molecule has 1 fully saturated rings. The van der Waals surface area contributed by atoms with Gasteiger partial charge in [0.2, 0.25) is 5.91 Å². The van der Waals surface area contributed by atoms with E-state index in [-0.39, 0.29) is 5.91 Å². The van der Waals surface area contributed by atoms with Crippen LogP contribution in [-0.2, 0) is 11.3 Å². The molecule has 1 aliphatic rings. The first-order valence-electron chi connectivity index (χ1n) is 7.79. The molecular weight excluding hydrogens is 276 g/mol. The standard InChI is InChI=1S/C17H22N4O/c1-13(22)19-16-4-2-14(3-5-16)12-21-10-7-15(8-11-21)17-6-9-18-20-17/h2-6,9,15H,7-8,10-12H2,1H3,(H,18,20)(H,19,22). The molecular formula is C17H22N4O. The minimum absolute atomic E-state index is 0.0337. The fourth-order valence-electron chi connectivity index (χ4n) is 3.05. The number of carbonyl (C=O) groups excluding carboxylic acids is 1. The summed E-state index contributed by atoms with van der Waals surface area (Å²) >= 11 is 0.